The minimum Gasteiger partial charge on any atom is -0.337 e. The first kappa shape index (κ1) is 17.6. The SMILES string of the molecule is O=C(c1csc(-c2cnn(-c3ccccc3)c2)n1)N1CC[C@@H]2CNC[C@@H]2CC1. The van der Waals surface area contributed by atoms with Crippen LogP contribution in [0.15, 0.2) is 48.1 Å². The van der Waals surface area contributed by atoms with E-state index in [0.717, 1.165) is 55.3 Å². The smallest absolute Gasteiger partial charge is 0.273 e. The highest BCUT2D eigenvalue weighted by atomic mass is 32.1. The molecular formula is C21H23N5OS. The number of amides is 1. The Bertz CT molecular complexity index is 952. The number of hydrogen-bond acceptors (Lipinski definition) is 5. The fourth-order valence-electron chi connectivity index (χ4n) is 4.24. The van der Waals surface area contributed by atoms with Gasteiger partial charge in [-0.2, -0.15) is 5.10 Å². The average molecular weight is 394 g/mol. The fraction of sp³-hybridized carbons (Fsp3) is 0.381. The highest BCUT2D eigenvalue weighted by molar-refractivity contribution is 7.13. The molecule has 0 radical (unpaired) electrons. The molecule has 2 fully saturated rings. The van der Waals surface area contributed by atoms with Crippen LogP contribution in [0, 0.1) is 11.8 Å². The summed E-state index contributed by atoms with van der Waals surface area (Å²) in [5.41, 5.74) is 2.49. The lowest BCUT2D eigenvalue weighted by Crippen LogP contribution is -2.33. The molecule has 2 aromatic heterocycles. The van der Waals surface area contributed by atoms with Gasteiger partial charge in [-0.15, -0.1) is 11.3 Å². The standard InChI is InChI=1S/C21H23N5OS/c27-21(25-8-6-15-10-22-11-16(15)7-9-25)19-14-28-20(24-19)17-12-23-26(13-17)18-4-2-1-3-5-18/h1-5,12-16,22H,6-11H2/t15-,16+. The monoisotopic (exact) mass is 393 g/mol. The van der Waals surface area contributed by atoms with Gasteiger partial charge in [0.05, 0.1) is 11.9 Å². The molecule has 2 aliphatic rings. The normalized spacial score (nSPS) is 22.1. The molecule has 0 saturated carbocycles. The van der Waals surface area contributed by atoms with Crippen LogP contribution in [0.1, 0.15) is 23.3 Å². The number of rotatable bonds is 3. The first-order valence-electron chi connectivity index (χ1n) is 9.84. The van der Waals surface area contributed by atoms with Crippen molar-refractivity contribution in [2.24, 2.45) is 11.8 Å². The van der Waals surface area contributed by atoms with Gasteiger partial charge < -0.3 is 10.2 Å². The first-order chi connectivity index (χ1) is 13.8. The Labute approximate surface area is 168 Å². The van der Waals surface area contributed by atoms with E-state index < -0.39 is 0 Å². The van der Waals surface area contributed by atoms with Crippen LogP contribution in [0.4, 0.5) is 0 Å². The van der Waals surface area contributed by atoms with E-state index in [1.165, 1.54) is 11.3 Å². The van der Waals surface area contributed by atoms with Crippen molar-refractivity contribution in [3.05, 3.63) is 53.8 Å². The Kier molecular flexibility index (Phi) is 4.70. The van der Waals surface area contributed by atoms with Gasteiger partial charge in [-0.1, -0.05) is 18.2 Å². The predicted octanol–water partition coefficient (Wildman–Crippen LogP) is 3.07. The molecule has 3 aromatic rings. The summed E-state index contributed by atoms with van der Waals surface area (Å²) in [6, 6.07) is 9.99. The quantitative estimate of drug-likeness (QED) is 0.743. The molecule has 1 N–H and O–H groups in total. The molecule has 7 heteroatoms. The van der Waals surface area contributed by atoms with Crippen LogP contribution in [0.2, 0.25) is 0 Å². The molecular weight excluding hydrogens is 370 g/mol. The molecule has 2 saturated heterocycles. The van der Waals surface area contributed by atoms with Crippen molar-refractivity contribution in [1.29, 1.82) is 0 Å². The number of hydrogen-bond donors (Lipinski definition) is 1. The highest BCUT2D eigenvalue weighted by Gasteiger charge is 2.32. The molecule has 4 heterocycles. The molecule has 1 amide bonds. The van der Waals surface area contributed by atoms with Gasteiger partial charge in [-0.05, 0) is 49.9 Å². The number of carbonyl (C=O) groups excluding carboxylic acids is 1. The van der Waals surface area contributed by atoms with Crippen LogP contribution >= 0.6 is 11.3 Å². The Balaban J connectivity index is 1.31. The lowest BCUT2D eigenvalue weighted by Gasteiger charge is -2.19. The molecule has 0 bridgehead atoms. The lowest BCUT2D eigenvalue weighted by molar-refractivity contribution is 0.0753. The Hall–Kier alpha value is -2.51. The fourth-order valence-corrected chi connectivity index (χ4v) is 5.01. The number of thiazole rings is 1. The molecule has 28 heavy (non-hydrogen) atoms. The second-order valence-electron chi connectivity index (χ2n) is 7.59. The average Bonchev–Trinajstić information content (AvgIpc) is 3.47. The van der Waals surface area contributed by atoms with E-state index in [0.29, 0.717) is 17.5 Å². The van der Waals surface area contributed by atoms with Crippen LogP contribution in [-0.2, 0) is 0 Å². The minimum absolute atomic E-state index is 0.0610. The van der Waals surface area contributed by atoms with Crippen LogP contribution in [-0.4, -0.2) is 51.8 Å². The van der Waals surface area contributed by atoms with Gasteiger partial charge in [0.1, 0.15) is 10.7 Å². The topological polar surface area (TPSA) is 63.1 Å². The molecule has 1 aromatic carbocycles. The third-order valence-corrected chi connectivity index (χ3v) is 6.77. The van der Waals surface area contributed by atoms with E-state index in [9.17, 15) is 4.79 Å². The predicted molar refractivity (Wildman–Crippen MR) is 110 cm³/mol. The van der Waals surface area contributed by atoms with Crippen molar-refractivity contribution < 1.29 is 4.79 Å². The summed E-state index contributed by atoms with van der Waals surface area (Å²) in [5, 5.41) is 10.6. The summed E-state index contributed by atoms with van der Waals surface area (Å²) in [4.78, 5) is 19.6. The number of benzene rings is 1. The van der Waals surface area contributed by atoms with Gasteiger partial charge in [-0.25, -0.2) is 9.67 Å². The van der Waals surface area contributed by atoms with Crippen LogP contribution in [0.3, 0.4) is 0 Å². The molecule has 2 aliphatic heterocycles. The van der Waals surface area contributed by atoms with Gasteiger partial charge in [-0.3, -0.25) is 4.79 Å². The third-order valence-electron chi connectivity index (χ3n) is 5.88. The molecule has 2 atom stereocenters. The summed E-state index contributed by atoms with van der Waals surface area (Å²) in [7, 11) is 0. The molecule has 0 aliphatic carbocycles. The number of carbonyl (C=O) groups is 1. The van der Waals surface area contributed by atoms with E-state index in [-0.39, 0.29) is 5.91 Å². The van der Waals surface area contributed by atoms with E-state index in [1.54, 1.807) is 6.20 Å². The van der Waals surface area contributed by atoms with Crippen LogP contribution in [0.25, 0.3) is 16.3 Å². The second kappa shape index (κ2) is 7.48. The highest BCUT2D eigenvalue weighted by Crippen LogP contribution is 2.29. The van der Waals surface area contributed by atoms with Crippen LogP contribution in [0.5, 0.6) is 0 Å². The number of nitrogens with one attached hydrogen (secondary N) is 1. The maximum atomic E-state index is 13.0. The minimum atomic E-state index is 0.0610. The molecule has 144 valence electrons. The van der Waals surface area contributed by atoms with Gasteiger partial charge in [0.15, 0.2) is 0 Å². The van der Waals surface area contributed by atoms with E-state index in [2.05, 4.69) is 15.4 Å². The Morgan fingerprint density at radius 1 is 1.11 bits per heavy atom. The zero-order chi connectivity index (χ0) is 18.9. The van der Waals surface area contributed by atoms with Crippen molar-refractivity contribution in [1.82, 2.24) is 25.0 Å². The van der Waals surface area contributed by atoms with E-state index in [1.807, 2.05) is 51.5 Å². The van der Waals surface area contributed by atoms with Crippen molar-refractivity contribution in [3.63, 3.8) is 0 Å². The van der Waals surface area contributed by atoms with E-state index in [4.69, 9.17) is 0 Å². The van der Waals surface area contributed by atoms with Gasteiger partial charge >= 0.3 is 0 Å². The van der Waals surface area contributed by atoms with Crippen molar-refractivity contribution in [2.75, 3.05) is 26.2 Å². The van der Waals surface area contributed by atoms with Crippen molar-refractivity contribution in [3.8, 4) is 16.3 Å². The molecule has 5 rings (SSSR count). The first-order valence-corrected chi connectivity index (χ1v) is 10.7. The summed E-state index contributed by atoms with van der Waals surface area (Å²) in [6.45, 7) is 3.86. The van der Waals surface area contributed by atoms with Gasteiger partial charge in [0, 0.05) is 30.2 Å². The number of likely N-dealkylation sites (tertiary alicyclic amines) is 1. The molecule has 6 nitrogen and oxygen atoms in total. The van der Waals surface area contributed by atoms with Crippen molar-refractivity contribution >= 4 is 17.2 Å². The number of para-hydroxylation sites is 1. The largest absolute Gasteiger partial charge is 0.337 e. The Morgan fingerprint density at radius 2 is 1.86 bits per heavy atom. The maximum absolute atomic E-state index is 13.0. The summed E-state index contributed by atoms with van der Waals surface area (Å²) in [6.07, 6.45) is 5.94. The number of nitrogens with zero attached hydrogens (tertiary/aromatic N) is 4. The summed E-state index contributed by atoms with van der Waals surface area (Å²) in [5.74, 6) is 1.49. The zero-order valence-electron chi connectivity index (χ0n) is 15.6. The Morgan fingerprint density at radius 3 is 2.61 bits per heavy atom. The number of fused-ring (bicyclic) bond motifs is 1. The zero-order valence-corrected chi connectivity index (χ0v) is 16.4. The third kappa shape index (κ3) is 3.36. The van der Waals surface area contributed by atoms with Gasteiger partial charge in [0.2, 0.25) is 0 Å². The summed E-state index contributed by atoms with van der Waals surface area (Å²) < 4.78 is 1.83. The maximum Gasteiger partial charge on any atom is 0.273 e. The van der Waals surface area contributed by atoms with Crippen LogP contribution < -0.4 is 5.32 Å². The number of aromatic nitrogens is 3. The van der Waals surface area contributed by atoms with Gasteiger partial charge in [0.25, 0.3) is 5.91 Å². The van der Waals surface area contributed by atoms with Crippen molar-refractivity contribution in [2.45, 2.75) is 12.8 Å². The second-order valence-corrected chi connectivity index (χ2v) is 8.45. The molecule has 0 spiro atoms. The summed E-state index contributed by atoms with van der Waals surface area (Å²) >= 11 is 1.50. The molecule has 0 unspecified atom stereocenters. The van der Waals surface area contributed by atoms with E-state index >= 15 is 0 Å². The lowest BCUT2D eigenvalue weighted by atomic mass is 9.92.